The lowest BCUT2D eigenvalue weighted by Crippen LogP contribution is -2.34. The Bertz CT molecular complexity index is 885. The van der Waals surface area contributed by atoms with Crippen LogP contribution in [0.2, 0.25) is 0 Å². The first-order valence-corrected chi connectivity index (χ1v) is 15.0. The van der Waals surface area contributed by atoms with Gasteiger partial charge in [0, 0.05) is 18.5 Å². The average Bonchev–Trinajstić information content (AvgIpc) is 2.92. The van der Waals surface area contributed by atoms with Crippen LogP contribution in [-0.2, 0) is 6.42 Å². The third-order valence-electron chi connectivity index (χ3n) is 8.19. The Morgan fingerprint density at radius 1 is 1.08 bits per heavy atom. The topological polar surface area (TPSA) is 45.6 Å². The molecule has 4 nitrogen and oxygen atoms in total. The van der Waals surface area contributed by atoms with Gasteiger partial charge in [-0.25, -0.2) is 0 Å². The number of ether oxygens (including phenoxy) is 1. The van der Waals surface area contributed by atoms with E-state index in [-0.39, 0.29) is 6.61 Å². The molecule has 0 bridgehead atoms. The summed E-state index contributed by atoms with van der Waals surface area (Å²) in [6.07, 6.45) is 18.0. The Labute approximate surface area is 220 Å². The molecule has 2 atom stereocenters. The normalized spacial score (nSPS) is 17.6. The minimum atomic E-state index is 0.288. The number of fused-ring (bicyclic) bond motifs is 3. The lowest BCUT2D eigenvalue weighted by atomic mass is 9.86. The van der Waals surface area contributed by atoms with Crippen LogP contribution >= 0.6 is 0 Å². The number of rotatable bonds is 11. The predicted octanol–water partition coefficient (Wildman–Crippen LogP) is 8.19. The van der Waals surface area contributed by atoms with Crippen molar-refractivity contribution in [1.29, 1.82) is 0 Å². The Morgan fingerprint density at radius 3 is 2.58 bits per heavy atom. The van der Waals surface area contributed by atoms with E-state index in [0.717, 1.165) is 56.1 Å². The fraction of sp³-hybridized carbons (Fsp3) is 0.719. The van der Waals surface area contributed by atoms with Crippen molar-refractivity contribution in [2.75, 3.05) is 31.2 Å². The quantitative estimate of drug-likeness (QED) is 0.341. The van der Waals surface area contributed by atoms with E-state index in [4.69, 9.17) is 4.74 Å². The highest BCUT2D eigenvalue weighted by Gasteiger charge is 2.23. The van der Waals surface area contributed by atoms with Crippen LogP contribution < -0.4 is 9.64 Å². The van der Waals surface area contributed by atoms with Gasteiger partial charge in [0.2, 0.25) is 0 Å². The molecule has 2 aromatic rings. The van der Waals surface area contributed by atoms with Gasteiger partial charge in [-0.2, -0.15) is 0 Å². The zero-order valence-electron chi connectivity index (χ0n) is 23.6. The molecule has 0 saturated heterocycles. The molecule has 4 rings (SSSR count). The van der Waals surface area contributed by atoms with Crippen LogP contribution in [0.4, 0.5) is 5.69 Å². The number of aliphatic hydroxyl groups excluding tert-OH is 1. The first-order valence-electron chi connectivity index (χ1n) is 15.0. The standard InChI is InChI=1S/C23H34N2O2.C9H18/c1-4-6-19(13-17(3)16-26)9-10-25-11-12-27-22-15-24-21-8-7-18(5-2)14-20(21)23(22)25;1-2-6-9-7-4-3-5-8-9/h7-8,14-15,17,19,26H,4-6,9-13,16H2,1-3H3;9H,2-8H2,1H3. The molecular formula is C32H52N2O2. The summed E-state index contributed by atoms with van der Waals surface area (Å²) in [6, 6.07) is 6.58. The van der Waals surface area contributed by atoms with E-state index in [0.29, 0.717) is 11.8 Å². The molecule has 2 unspecified atom stereocenters. The van der Waals surface area contributed by atoms with Crippen molar-refractivity contribution in [3.05, 3.63) is 30.0 Å². The molecule has 1 aliphatic carbocycles. The van der Waals surface area contributed by atoms with Gasteiger partial charge in [-0.1, -0.05) is 91.5 Å². The number of pyridine rings is 1. The highest BCUT2D eigenvalue weighted by Crippen LogP contribution is 2.38. The third-order valence-corrected chi connectivity index (χ3v) is 8.19. The maximum Gasteiger partial charge on any atom is 0.161 e. The van der Waals surface area contributed by atoms with Gasteiger partial charge in [-0.3, -0.25) is 4.98 Å². The molecule has 1 aromatic heterocycles. The largest absolute Gasteiger partial charge is 0.488 e. The van der Waals surface area contributed by atoms with Crippen LogP contribution in [0.25, 0.3) is 10.9 Å². The molecule has 4 heteroatoms. The number of nitrogens with zero attached hydrogens (tertiary/aromatic N) is 2. The van der Waals surface area contributed by atoms with E-state index >= 15 is 0 Å². The summed E-state index contributed by atoms with van der Waals surface area (Å²) in [5, 5.41) is 10.6. The van der Waals surface area contributed by atoms with E-state index < -0.39 is 0 Å². The first-order chi connectivity index (χ1) is 17.6. The number of benzene rings is 1. The minimum absolute atomic E-state index is 0.288. The van der Waals surface area contributed by atoms with Crippen LogP contribution in [0.5, 0.6) is 5.75 Å². The number of aliphatic hydroxyl groups is 1. The van der Waals surface area contributed by atoms with Crippen molar-refractivity contribution in [3.8, 4) is 5.75 Å². The lowest BCUT2D eigenvalue weighted by molar-refractivity contribution is 0.205. The van der Waals surface area contributed by atoms with Gasteiger partial charge in [0.05, 0.1) is 23.9 Å². The highest BCUT2D eigenvalue weighted by molar-refractivity contribution is 5.95. The van der Waals surface area contributed by atoms with Gasteiger partial charge in [-0.05, 0) is 54.7 Å². The summed E-state index contributed by atoms with van der Waals surface area (Å²) in [5.41, 5.74) is 3.59. The van der Waals surface area contributed by atoms with Gasteiger partial charge in [0.1, 0.15) is 6.61 Å². The fourth-order valence-corrected chi connectivity index (χ4v) is 6.11. The first kappa shape index (κ1) is 28.8. The van der Waals surface area contributed by atoms with E-state index in [1.165, 1.54) is 74.4 Å². The second-order valence-electron chi connectivity index (χ2n) is 11.3. The zero-order valence-corrected chi connectivity index (χ0v) is 23.6. The maximum atomic E-state index is 9.43. The summed E-state index contributed by atoms with van der Waals surface area (Å²) < 4.78 is 5.93. The second-order valence-corrected chi connectivity index (χ2v) is 11.3. The third kappa shape index (κ3) is 8.36. The summed E-state index contributed by atoms with van der Waals surface area (Å²) >= 11 is 0. The molecule has 1 N–H and O–H groups in total. The van der Waals surface area contributed by atoms with Crippen LogP contribution in [0.1, 0.15) is 104 Å². The Balaban J connectivity index is 0.000000338. The molecule has 0 spiro atoms. The molecular weight excluding hydrogens is 444 g/mol. The van der Waals surface area contributed by atoms with E-state index in [1.54, 1.807) is 0 Å². The number of anilines is 1. The lowest BCUT2D eigenvalue weighted by Gasteiger charge is -2.33. The summed E-state index contributed by atoms with van der Waals surface area (Å²) in [5.74, 6) is 3.07. The molecule has 0 radical (unpaired) electrons. The molecule has 1 fully saturated rings. The number of hydrogen-bond donors (Lipinski definition) is 1. The van der Waals surface area contributed by atoms with Crippen LogP contribution in [0, 0.1) is 17.8 Å². The van der Waals surface area contributed by atoms with Crippen LogP contribution in [0.15, 0.2) is 24.4 Å². The Hall–Kier alpha value is -1.81. The molecule has 36 heavy (non-hydrogen) atoms. The Morgan fingerprint density at radius 2 is 1.89 bits per heavy atom. The number of aromatic nitrogens is 1. The summed E-state index contributed by atoms with van der Waals surface area (Å²) in [6.45, 7) is 11.9. The van der Waals surface area contributed by atoms with Crippen molar-refractivity contribution in [3.63, 3.8) is 0 Å². The SMILES string of the molecule is CCCC(CCN1CCOc2cnc3ccc(CC)cc3c21)CC(C)CO.CCCC1CCCCC1. The van der Waals surface area contributed by atoms with E-state index in [2.05, 4.69) is 55.8 Å². The molecule has 202 valence electrons. The van der Waals surface area contributed by atoms with Crippen molar-refractivity contribution >= 4 is 16.6 Å². The molecule has 2 aliphatic rings. The number of hydrogen-bond acceptors (Lipinski definition) is 4. The van der Waals surface area contributed by atoms with E-state index in [9.17, 15) is 5.11 Å². The van der Waals surface area contributed by atoms with Crippen molar-refractivity contribution < 1.29 is 9.84 Å². The van der Waals surface area contributed by atoms with Gasteiger partial charge in [0.15, 0.2) is 5.75 Å². The molecule has 1 aromatic carbocycles. The smallest absolute Gasteiger partial charge is 0.161 e. The number of aryl methyl sites for hydroxylation is 1. The highest BCUT2D eigenvalue weighted by atomic mass is 16.5. The van der Waals surface area contributed by atoms with Gasteiger partial charge in [-0.15, -0.1) is 0 Å². The summed E-state index contributed by atoms with van der Waals surface area (Å²) in [4.78, 5) is 7.09. The molecule has 0 amide bonds. The van der Waals surface area contributed by atoms with Crippen molar-refractivity contribution in [2.45, 2.75) is 105 Å². The average molecular weight is 497 g/mol. The zero-order chi connectivity index (χ0) is 25.8. The van der Waals surface area contributed by atoms with E-state index in [1.807, 2.05) is 6.20 Å². The fourth-order valence-electron chi connectivity index (χ4n) is 6.11. The Kier molecular flexibility index (Phi) is 12.3. The van der Waals surface area contributed by atoms with Gasteiger partial charge >= 0.3 is 0 Å². The van der Waals surface area contributed by atoms with Gasteiger partial charge in [0.25, 0.3) is 0 Å². The summed E-state index contributed by atoms with van der Waals surface area (Å²) in [7, 11) is 0. The molecule has 2 heterocycles. The van der Waals surface area contributed by atoms with Crippen molar-refractivity contribution in [2.24, 2.45) is 17.8 Å². The van der Waals surface area contributed by atoms with Crippen LogP contribution in [0.3, 0.4) is 0 Å². The predicted molar refractivity (Wildman–Crippen MR) is 154 cm³/mol. The maximum absolute atomic E-state index is 9.43. The van der Waals surface area contributed by atoms with Gasteiger partial charge < -0.3 is 14.7 Å². The van der Waals surface area contributed by atoms with Crippen molar-refractivity contribution in [1.82, 2.24) is 4.98 Å². The molecule has 1 aliphatic heterocycles. The second kappa shape index (κ2) is 15.4. The minimum Gasteiger partial charge on any atom is -0.488 e. The van der Waals surface area contributed by atoms with Crippen LogP contribution in [-0.4, -0.2) is 36.4 Å². The molecule has 1 saturated carbocycles. The monoisotopic (exact) mass is 496 g/mol.